The Kier molecular flexibility index (Phi) is 8.05. The molecule has 0 atom stereocenters. The predicted molar refractivity (Wildman–Crippen MR) is 140 cm³/mol. The van der Waals surface area contributed by atoms with Gasteiger partial charge in [-0.1, -0.05) is 54.4 Å². The summed E-state index contributed by atoms with van der Waals surface area (Å²) in [6.45, 7) is 2.14. The number of ether oxygens (including phenoxy) is 1. The minimum Gasteiger partial charge on any atom is -0.507 e. The number of carbonyl (C=O) groups is 1. The number of benzene rings is 3. The van der Waals surface area contributed by atoms with Gasteiger partial charge in [0.05, 0.1) is 4.90 Å². The number of carbonyl (C=O) groups excluding carboxylic acids is 1. The first-order chi connectivity index (χ1) is 17.7. The van der Waals surface area contributed by atoms with Gasteiger partial charge in [0.15, 0.2) is 5.43 Å². The smallest absolute Gasteiger partial charge is 0.311 e. The average Bonchev–Trinajstić information content (AvgIpc) is 2.86. The van der Waals surface area contributed by atoms with Crippen LogP contribution >= 0.6 is 0 Å². The lowest BCUT2D eigenvalue weighted by Crippen LogP contribution is -2.24. The van der Waals surface area contributed by atoms with Gasteiger partial charge in [-0.05, 0) is 31.9 Å². The van der Waals surface area contributed by atoms with E-state index >= 15 is 0 Å². The summed E-state index contributed by atoms with van der Waals surface area (Å²) in [7, 11) is -3.56. The Morgan fingerprint density at radius 2 is 1.70 bits per heavy atom. The molecule has 4 rings (SSSR count). The third-order valence-electron chi connectivity index (χ3n) is 5.75. The normalized spacial score (nSPS) is 11.5. The minimum absolute atomic E-state index is 0.00701. The number of aromatic hydroxyl groups is 1. The standard InChI is InChI=1S/C28H27NO7S/c1-19-11-13-22(14-12-19)37(33,34)29-15-7-3-6-10-27(32)35-21-16-23(30)28-24(31)18-25(36-26(28)17-21)20-8-4-2-5-9-20/h2,4-5,8-9,11-14,16-18,29-30H,3,6-7,10,15H2,1H3. The predicted octanol–water partition coefficient (Wildman–Crippen LogP) is 4.92. The summed E-state index contributed by atoms with van der Waals surface area (Å²) in [5.74, 6) is -0.455. The maximum atomic E-state index is 12.5. The van der Waals surface area contributed by atoms with Crippen LogP contribution in [0.25, 0.3) is 22.3 Å². The number of unbranched alkanes of at least 4 members (excludes halogenated alkanes) is 2. The molecule has 0 unspecified atom stereocenters. The molecular formula is C28H27NO7S. The van der Waals surface area contributed by atoms with E-state index in [1.807, 2.05) is 25.1 Å². The Morgan fingerprint density at radius 1 is 0.973 bits per heavy atom. The molecule has 1 heterocycles. The van der Waals surface area contributed by atoms with Gasteiger partial charge in [0.1, 0.15) is 28.2 Å². The number of rotatable bonds is 10. The third-order valence-corrected chi connectivity index (χ3v) is 7.23. The van der Waals surface area contributed by atoms with Gasteiger partial charge in [0, 0.05) is 36.7 Å². The Balaban J connectivity index is 1.30. The van der Waals surface area contributed by atoms with E-state index in [9.17, 15) is 23.1 Å². The first kappa shape index (κ1) is 26.1. The van der Waals surface area contributed by atoms with Gasteiger partial charge in [-0.3, -0.25) is 9.59 Å². The molecule has 0 fully saturated rings. The molecule has 9 heteroatoms. The van der Waals surface area contributed by atoms with Crippen molar-refractivity contribution in [1.82, 2.24) is 4.72 Å². The molecule has 0 aliphatic carbocycles. The number of esters is 1. The van der Waals surface area contributed by atoms with Gasteiger partial charge < -0.3 is 14.3 Å². The SMILES string of the molecule is Cc1ccc(S(=O)(=O)NCCCCCC(=O)Oc2cc(O)c3c(=O)cc(-c4ccccc4)oc3c2)cc1. The summed E-state index contributed by atoms with van der Waals surface area (Å²) in [6.07, 6.45) is 1.78. The quantitative estimate of drug-likeness (QED) is 0.173. The van der Waals surface area contributed by atoms with Crippen molar-refractivity contribution in [2.24, 2.45) is 0 Å². The molecule has 1 aromatic heterocycles. The maximum Gasteiger partial charge on any atom is 0.311 e. The zero-order valence-corrected chi connectivity index (χ0v) is 21.1. The summed E-state index contributed by atoms with van der Waals surface area (Å²) in [5, 5.41) is 10.3. The molecule has 8 nitrogen and oxygen atoms in total. The molecule has 0 aliphatic heterocycles. The monoisotopic (exact) mass is 521 g/mol. The summed E-state index contributed by atoms with van der Waals surface area (Å²) in [5.41, 5.74) is 1.37. The topological polar surface area (TPSA) is 123 Å². The van der Waals surface area contributed by atoms with Gasteiger partial charge in [0.2, 0.25) is 10.0 Å². The van der Waals surface area contributed by atoms with E-state index in [0.29, 0.717) is 30.6 Å². The second-order valence-corrected chi connectivity index (χ2v) is 10.4. The highest BCUT2D eigenvalue weighted by Crippen LogP contribution is 2.31. The fourth-order valence-electron chi connectivity index (χ4n) is 3.81. The number of phenols is 1. The highest BCUT2D eigenvalue weighted by Gasteiger charge is 2.15. The summed E-state index contributed by atoms with van der Waals surface area (Å²) >= 11 is 0. The highest BCUT2D eigenvalue weighted by molar-refractivity contribution is 7.89. The van der Waals surface area contributed by atoms with Crippen LogP contribution in [0.15, 0.2) is 86.9 Å². The van der Waals surface area contributed by atoms with Gasteiger partial charge in [-0.2, -0.15) is 0 Å². The van der Waals surface area contributed by atoms with Crippen molar-refractivity contribution in [3.63, 3.8) is 0 Å². The molecule has 4 aromatic rings. The molecule has 2 N–H and O–H groups in total. The zero-order valence-electron chi connectivity index (χ0n) is 20.3. The van der Waals surface area contributed by atoms with E-state index in [2.05, 4.69) is 4.72 Å². The van der Waals surface area contributed by atoms with Crippen LogP contribution in [0, 0.1) is 6.92 Å². The van der Waals surface area contributed by atoms with E-state index < -0.39 is 21.4 Å². The molecule has 192 valence electrons. The number of aryl methyl sites for hydroxylation is 1. The summed E-state index contributed by atoms with van der Waals surface area (Å²) < 4.78 is 38.3. The van der Waals surface area contributed by atoms with E-state index in [0.717, 1.165) is 5.56 Å². The van der Waals surface area contributed by atoms with Crippen LogP contribution in [0.2, 0.25) is 0 Å². The van der Waals surface area contributed by atoms with Gasteiger partial charge in [0.25, 0.3) is 0 Å². The number of nitrogens with one attached hydrogen (secondary N) is 1. The zero-order chi connectivity index (χ0) is 26.4. The second-order valence-electron chi connectivity index (χ2n) is 8.65. The van der Waals surface area contributed by atoms with Crippen molar-refractivity contribution in [2.45, 2.75) is 37.5 Å². The van der Waals surface area contributed by atoms with Crippen molar-refractivity contribution in [1.29, 1.82) is 0 Å². The summed E-state index contributed by atoms with van der Waals surface area (Å²) in [6, 6.07) is 19.6. The first-order valence-corrected chi connectivity index (χ1v) is 13.3. The van der Waals surface area contributed by atoms with Crippen LogP contribution in [-0.2, 0) is 14.8 Å². The summed E-state index contributed by atoms with van der Waals surface area (Å²) in [4.78, 5) is 25.1. The molecule has 0 aliphatic rings. The molecular weight excluding hydrogens is 494 g/mol. The van der Waals surface area contributed by atoms with E-state index in [4.69, 9.17) is 9.15 Å². The van der Waals surface area contributed by atoms with Crippen LogP contribution in [0.5, 0.6) is 11.5 Å². The van der Waals surface area contributed by atoms with Crippen molar-refractivity contribution < 1.29 is 27.5 Å². The van der Waals surface area contributed by atoms with Gasteiger partial charge in [-0.15, -0.1) is 0 Å². The number of hydrogen-bond donors (Lipinski definition) is 2. The van der Waals surface area contributed by atoms with Crippen LogP contribution in [0.4, 0.5) is 0 Å². The highest BCUT2D eigenvalue weighted by atomic mass is 32.2. The van der Waals surface area contributed by atoms with E-state index in [1.54, 1.807) is 36.4 Å². The lowest BCUT2D eigenvalue weighted by atomic mass is 10.1. The number of sulfonamides is 1. The van der Waals surface area contributed by atoms with Crippen LogP contribution in [0.1, 0.15) is 31.2 Å². The second kappa shape index (κ2) is 11.4. The molecule has 0 amide bonds. The average molecular weight is 522 g/mol. The molecule has 0 saturated carbocycles. The van der Waals surface area contributed by atoms with E-state index in [-0.39, 0.29) is 40.3 Å². The Hall–Kier alpha value is -3.95. The number of fused-ring (bicyclic) bond motifs is 1. The fraction of sp³-hybridized carbons (Fsp3) is 0.214. The maximum absolute atomic E-state index is 12.5. The van der Waals surface area contributed by atoms with Crippen molar-refractivity contribution in [3.8, 4) is 22.8 Å². The van der Waals surface area contributed by atoms with Crippen LogP contribution in [-0.4, -0.2) is 26.0 Å². The van der Waals surface area contributed by atoms with Crippen molar-refractivity contribution in [2.75, 3.05) is 6.54 Å². The Morgan fingerprint density at radius 3 is 2.43 bits per heavy atom. The lowest BCUT2D eigenvalue weighted by molar-refractivity contribution is -0.134. The minimum atomic E-state index is -3.56. The largest absolute Gasteiger partial charge is 0.507 e. The van der Waals surface area contributed by atoms with Crippen LogP contribution < -0.4 is 14.9 Å². The van der Waals surface area contributed by atoms with Crippen molar-refractivity contribution in [3.05, 3.63) is 88.6 Å². The molecule has 3 aromatic carbocycles. The van der Waals surface area contributed by atoms with E-state index in [1.165, 1.54) is 18.2 Å². The van der Waals surface area contributed by atoms with Crippen molar-refractivity contribution >= 4 is 27.0 Å². The molecule has 0 saturated heterocycles. The number of hydrogen-bond acceptors (Lipinski definition) is 7. The van der Waals surface area contributed by atoms with Gasteiger partial charge in [-0.25, -0.2) is 13.1 Å². The molecule has 0 spiro atoms. The third kappa shape index (κ3) is 6.63. The fourth-order valence-corrected chi connectivity index (χ4v) is 4.88. The lowest BCUT2D eigenvalue weighted by Gasteiger charge is -2.09. The molecule has 37 heavy (non-hydrogen) atoms. The first-order valence-electron chi connectivity index (χ1n) is 11.9. The Bertz CT molecular complexity index is 1560. The number of phenolic OH excluding ortho intramolecular Hbond substituents is 1. The molecule has 0 radical (unpaired) electrons. The molecule has 0 bridgehead atoms. The Labute approximate surface area is 214 Å². The van der Waals surface area contributed by atoms with Crippen LogP contribution in [0.3, 0.4) is 0 Å². The van der Waals surface area contributed by atoms with Gasteiger partial charge >= 0.3 is 5.97 Å².